The largest absolute Gasteiger partial charge is 0.397 e. The van der Waals surface area contributed by atoms with E-state index in [1.807, 2.05) is 18.2 Å². The first-order valence-electron chi connectivity index (χ1n) is 9.73. The molecule has 0 bridgehead atoms. The highest BCUT2D eigenvalue weighted by molar-refractivity contribution is 5.94. The number of para-hydroxylation sites is 1. The first kappa shape index (κ1) is 18.2. The van der Waals surface area contributed by atoms with Gasteiger partial charge in [0.15, 0.2) is 0 Å². The first-order valence-corrected chi connectivity index (χ1v) is 9.73. The second-order valence-corrected chi connectivity index (χ2v) is 7.51. The molecule has 4 rings (SSSR count). The second kappa shape index (κ2) is 7.84. The summed E-state index contributed by atoms with van der Waals surface area (Å²) < 4.78 is 0. The predicted molar refractivity (Wildman–Crippen MR) is 112 cm³/mol. The lowest BCUT2D eigenvalue weighted by molar-refractivity contribution is 0.0926. The van der Waals surface area contributed by atoms with Crippen LogP contribution in [0, 0.1) is 6.92 Å². The van der Waals surface area contributed by atoms with Crippen molar-refractivity contribution in [2.45, 2.75) is 44.7 Å². The summed E-state index contributed by atoms with van der Waals surface area (Å²) in [6.07, 6.45) is 6.95. The van der Waals surface area contributed by atoms with Crippen LogP contribution in [-0.4, -0.2) is 28.0 Å². The van der Waals surface area contributed by atoms with Crippen molar-refractivity contribution >= 4 is 28.3 Å². The number of nitrogen functional groups attached to an aromatic ring is 1. The molecule has 1 aromatic carbocycles. The summed E-state index contributed by atoms with van der Waals surface area (Å²) in [4.78, 5) is 21.1. The molecule has 28 heavy (non-hydrogen) atoms. The van der Waals surface area contributed by atoms with E-state index in [2.05, 4.69) is 34.7 Å². The molecule has 1 fully saturated rings. The number of carbonyl (C=O) groups is 1. The molecule has 3 aromatic rings. The maximum Gasteiger partial charge on any atom is 0.253 e. The fourth-order valence-electron chi connectivity index (χ4n) is 3.87. The van der Waals surface area contributed by atoms with Gasteiger partial charge in [-0.25, -0.2) is 4.98 Å². The molecule has 2 aromatic heterocycles. The molecule has 2 heterocycles. The number of pyridine rings is 2. The molecule has 1 aliphatic carbocycles. The minimum atomic E-state index is -0.108. The van der Waals surface area contributed by atoms with Gasteiger partial charge in [0.25, 0.3) is 5.91 Å². The Balaban J connectivity index is 1.34. The third kappa shape index (κ3) is 4.06. The Labute approximate surface area is 164 Å². The van der Waals surface area contributed by atoms with Crippen LogP contribution in [0.4, 0.5) is 11.5 Å². The van der Waals surface area contributed by atoms with Gasteiger partial charge in [0.1, 0.15) is 5.82 Å². The van der Waals surface area contributed by atoms with Crippen molar-refractivity contribution in [2.75, 3.05) is 11.1 Å². The average Bonchev–Trinajstić information content (AvgIpc) is 2.69. The molecular weight excluding hydrogens is 350 g/mol. The Kier molecular flexibility index (Phi) is 5.10. The molecule has 144 valence electrons. The van der Waals surface area contributed by atoms with E-state index >= 15 is 0 Å². The smallest absolute Gasteiger partial charge is 0.253 e. The maximum absolute atomic E-state index is 12.4. The molecule has 0 radical (unpaired) electrons. The zero-order valence-electron chi connectivity index (χ0n) is 16.0. The molecule has 1 saturated carbocycles. The second-order valence-electron chi connectivity index (χ2n) is 7.51. The van der Waals surface area contributed by atoms with Gasteiger partial charge in [-0.15, -0.1) is 0 Å². The van der Waals surface area contributed by atoms with Crippen LogP contribution in [0.3, 0.4) is 0 Å². The first-order chi connectivity index (χ1) is 13.6. The van der Waals surface area contributed by atoms with E-state index in [0.717, 1.165) is 37.0 Å². The van der Waals surface area contributed by atoms with Gasteiger partial charge in [0.2, 0.25) is 0 Å². The van der Waals surface area contributed by atoms with Gasteiger partial charge < -0.3 is 16.4 Å². The quantitative estimate of drug-likeness (QED) is 0.647. The molecular formula is C22H25N5O. The molecule has 1 aliphatic rings. The monoisotopic (exact) mass is 375 g/mol. The predicted octanol–water partition coefficient (Wildman–Crippen LogP) is 3.67. The zero-order valence-corrected chi connectivity index (χ0v) is 16.0. The van der Waals surface area contributed by atoms with E-state index in [9.17, 15) is 4.79 Å². The third-order valence-electron chi connectivity index (χ3n) is 5.36. The number of carbonyl (C=O) groups excluding carboxylic acids is 1. The van der Waals surface area contributed by atoms with Crippen molar-refractivity contribution in [3.05, 3.63) is 59.9 Å². The molecule has 0 atom stereocenters. The highest BCUT2D eigenvalue weighted by atomic mass is 16.1. The highest BCUT2D eigenvalue weighted by Gasteiger charge is 2.23. The Morgan fingerprint density at radius 3 is 2.61 bits per heavy atom. The fourth-order valence-corrected chi connectivity index (χ4v) is 3.87. The van der Waals surface area contributed by atoms with E-state index in [0.29, 0.717) is 17.3 Å². The molecule has 0 saturated heterocycles. The number of fused-ring (bicyclic) bond motifs is 1. The number of benzene rings is 1. The van der Waals surface area contributed by atoms with Gasteiger partial charge in [0, 0.05) is 29.9 Å². The Bertz CT molecular complexity index is 995. The number of nitrogens with zero attached hydrogens (tertiary/aromatic N) is 2. The number of amides is 1. The molecule has 6 nitrogen and oxygen atoms in total. The SMILES string of the molecule is Cc1cc(NC2CCC(NC(=O)c3cncc(N)c3)CC2)nc2ccccc12. The van der Waals surface area contributed by atoms with Crippen LogP contribution in [0.5, 0.6) is 0 Å². The highest BCUT2D eigenvalue weighted by Crippen LogP contribution is 2.25. The summed E-state index contributed by atoms with van der Waals surface area (Å²) in [7, 11) is 0. The average molecular weight is 375 g/mol. The van der Waals surface area contributed by atoms with Crippen molar-refractivity contribution in [1.82, 2.24) is 15.3 Å². The Hall–Kier alpha value is -3.15. The number of hydrogen-bond acceptors (Lipinski definition) is 5. The van der Waals surface area contributed by atoms with Crippen LogP contribution >= 0.6 is 0 Å². The Morgan fingerprint density at radius 2 is 1.82 bits per heavy atom. The van der Waals surface area contributed by atoms with E-state index < -0.39 is 0 Å². The van der Waals surface area contributed by atoms with E-state index in [-0.39, 0.29) is 11.9 Å². The topological polar surface area (TPSA) is 92.9 Å². The van der Waals surface area contributed by atoms with E-state index in [4.69, 9.17) is 10.7 Å². The van der Waals surface area contributed by atoms with Crippen molar-refractivity contribution < 1.29 is 4.79 Å². The summed E-state index contributed by atoms with van der Waals surface area (Å²) in [6.45, 7) is 2.12. The number of nitrogens with one attached hydrogen (secondary N) is 2. The van der Waals surface area contributed by atoms with Gasteiger partial charge in [0.05, 0.1) is 16.8 Å². The minimum absolute atomic E-state index is 0.108. The lowest BCUT2D eigenvalue weighted by Gasteiger charge is -2.30. The van der Waals surface area contributed by atoms with Gasteiger partial charge in [-0.05, 0) is 56.4 Å². The molecule has 4 N–H and O–H groups in total. The third-order valence-corrected chi connectivity index (χ3v) is 5.36. The summed E-state index contributed by atoms with van der Waals surface area (Å²) in [5.41, 5.74) is 8.96. The van der Waals surface area contributed by atoms with Gasteiger partial charge in [-0.2, -0.15) is 0 Å². The molecule has 6 heteroatoms. The zero-order chi connectivity index (χ0) is 19.5. The van der Waals surface area contributed by atoms with E-state index in [1.54, 1.807) is 12.3 Å². The number of rotatable bonds is 4. The van der Waals surface area contributed by atoms with Crippen LogP contribution in [0.15, 0.2) is 48.8 Å². The van der Waals surface area contributed by atoms with Gasteiger partial charge in [-0.3, -0.25) is 9.78 Å². The number of anilines is 2. The number of aromatic nitrogens is 2. The minimum Gasteiger partial charge on any atom is -0.397 e. The van der Waals surface area contributed by atoms with Gasteiger partial charge in [-0.1, -0.05) is 18.2 Å². The van der Waals surface area contributed by atoms with Crippen LogP contribution in [0.25, 0.3) is 10.9 Å². The lowest BCUT2D eigenvalue weighted by Crippen LogP contribution is -2.40. The molecule has 1 amide bonds. The van der Waals surface area contributed by atoms with Crippen molar-refractivity contribution in [2.24, 2.45) is 0 Å². The number of aryl methyl sites for hydroxylation is 1. The van der Waals surface area contributed by atoms with E-state index in [1.165, 1.54) is 17.1 Å². The normalized spacial score (nSPS) is 19.3. The van der Waals surface area contributed by atoms with Gasteiger partial charge >= 0.3 is 0 Å². The van der Waals surface area contributed by atoms with Crippen LogP contribution in [-0.2, 0) is 0 Å². The summed E-state index contributed by atoms with van der Waals surface area (Å²) in [6, 6.07) is 12.5. The standard InChI is InChI=1S/C22H25N5O/c1-14-10-21(27-20-5-3-2-4-19(14)20)25-17-6-8-18(9-7-17)26-22(28)15-11-16(23)13-24-12-15/h2-5,10-13,17-18H,6-9,23H2,1H3,(H,25,27)(H,26,28). The molecule has 0 spiro atoms. The summed E-state index contributed by atoms with van der Waals surface area (Å²) in [5, 5.41) is 7.87. The van der Waals surface area contributed by atoms with Crippen LogP contribution < -0.4 is 16.4 Å². The maximum atomic E-state index is 12.4. The molecule has 0 aliphatic heterocycles. The summed E-state index contributed by atoms with van der Waals surface area (Å²) in [5.74, 6) is 0.817. The van der Waals surface area contributed by atoms with Crippen molar-refractivity contribution in [3.8, 4) is 0 Å². The Morgan fingerprint density at radius 1 is 1.07 bits per heavy atom. The number of nitrogens with two attached hydrogens (primary N) is 1. The van der Waals surface area contributed by atoms with Crippen LogP contribution in [0.2, 0.25) is 0 Å². The fraction of sp³-hybridized carbons (Fsp3) is 0.318. The van der Waals surface area contributed by atoms with Crippen molar-refractivity contribution in [3.63, 3.8) is 0 Å². The lowest BCUT2D eigenvalue weighted by atomic mass is 9.91. The van der Waals surface area contributed by atoms with Crippen molar-refractivity contribution in [1.29, 1.82) is 0 Å². The summed E-state index contributed by atoms with van der Waals surface area (Å²) >= 11 is 0. The number of hydrogen-bond donors (Lipinski definition) is 3. The molecule has 0 unspecified atom stereocenters. The van der Waals surface area contributed by atoms with Crippen LogP contribution in [0.1, 0.15) is 41.6 Å².